The first kappa shape index (κ1) is 11.0. The second-order valence-corrected chi connectivity index (χ2v) is 4.00. The molecular weight excluding hydrogens is 192 g/mol. The first-order valence-corrected chi connectivity index (χ1v) is 5.29. The summed E-state index contributed by atoms with van der Waals surface area (Å²) < 4.78 is 5.13. The maximum Gasteiger partial charge on any atom is 0.119 e. The van der Waals surface area contributed by atoms with Gasteiger partial charge < -0.3 is 4.74 Å². The van der Waals surface area contributed by atoms with Crippen LogP contribution in [0, 0.1) is 0 Å². The zero-order valence-electron chi connectivity index (χ0n) is 8.70. The summed E-state index contributed by atoms with van der Waals surface area (Å²) in [5.41, 5.74) is 4.33. The molecule has 1 aromatic carbocycles. The van der Waals surface area contributed by atoms with Crippen molar-refractivity contribution in [3.8, 4) is 5.75 Å². The summed E-state index contributed by atoms with van der Waals surface area (Å²) in [5.74, 6) is 0.889. The number of thioether (sulfide) groups is 1. The molecule has 0 aliphatic carbocycles. The Labute approximate surface area is 89.5 Å². The molecule has 0 N–H and O–H groups in total. The average molecular weight is 206 g/mol. The van der Waals surface area contributed by atoms with Crippen LogP contribution in [0.3, 0.4) is 0 Å². The number of ether oxygens (including phenoxy) is 1. The molecule has 1 nitrogen and oxygen atoms in total. The van der Waals surface area contributed by atoms with Crippen molar-refractivity contribution in [1.29, 1.82) is 0 Å². The Bertz CT molecular complexity index is 358. The maximum absolute atomic E-state index is 5.13. The molecule has 0 aromatic heterocycles. The van der Waals surface area contributed by atoms with Crippen molar-refractivity contribution < 1.29 is 4.74 Å². The van der Waals surface area contributed by atoms with Crippen molar-refractivity contribution in [1.82, 2.24) is 0 Å². The molecule has 14 heavy (non-hydrogen) atoms. The van der Waals surface area contributed by atoms with E-state index in [-0.39, 0.29) is 0 Å². The summed E-state index contributed by atoms with van der Waals surface area (Å²) in [7, 11) is 1.68. The van der Waals surface area contributed by atoms with Crippen LogP contribution in [-0.4, -0.2) is 7.11 Å². The van der Waals surface area contributed by atoms with Gasteiger partial charge in [0.1, 0.15) is 5.75 Å². The second-order valence-electron chi connectivity index (χ2n) is 3.06. The Morgan fingerprint density at radius 3 is 2.86 bits per heavy atom. The second kappa shape index (κ2) is 5.58. The van der Waals surface area contributed by atoms with E-state index in [9.17, 15) is 0 Å². The molecule has 0 aliphatic rings. The monoisotopic (exact) mass is 206 g/mol. The van der Waals surface area contributed by atoms with Gasteiger partial charge in [-0.05, 0) is 37.6 Å². The molecule has 0 aliphatic heterocycles. The number of hydrogen-bond acceptors (Lipinski definition) is 2. The Morgan fingerprint density at radius 2 is 2.21 bits per heavy atom. The van der Waals surface area contributed by atoms with Crippen LogP contribution in [0.4, 0.5) is 0 Å². The van der Waals surface area contributed by atoms with Crippen LogP contribution < -0.4 is 4.74 Å². The number of allylic oxidation sites excluding steroid dienone is 1. The van der Waals surface area contributed by atoms with E-state index in [4.69, 9.17) is 4.74 Å². The smallest absolute Gasteiger partial charge is 0.119 e. The molecule has 1 rings (SSSR count). The van der Waals surface area contributed by atoms with E-state index in [0.29, 0.717) is 0 Å². The van der Waals surface area contributed by atoms with Crippen LogP contribution in [0.25, 0.3) is 0 Å². The molecule has 0 bridgehead atoms. The van der Waals surface area contributed by atoms with Gasteiger partial charge in [0.25, 0.3) is 0 Å². The van der Waals surface area contributed by atoms with Crippen molar-refractivity contribution in [3.05, 3.63) is 41.0 Å². The fourth-order valence-corrected chi connectivity index (χ4v) is 1.66. The standard InChI is InChI=1S/C12H14OS/c1-10(2)7-8-14-12-6-4-5-11(9-12)13-3/h4-6,8-9H,1-3H3. The molecule has 0 atom stereocenters. The first-order chi connectivity index (χ1) is 6.72. The highest BCUT2D eigenvalue weighted by Crippen LogP contribution is 2.23. The normalized spacial score (nSPS) is 9.07. The van der Waals surface area contributed by atoms with E-state index in [1.807, 2.05) is 37.5 Å². The van der Waals surface area contributed by atoms with Crippen molar-refractivity contribution in [3.63, 3.8) is 0 Å². The topological polar surface area (TPSA) is 9.23 Å². The van der Waals surface area contributed by atoms with E-state index >= 15 is 0 Å². The molecule has 0 saturated heterocycles. The van der Waals surface area contributed by atoms with Gasteiger partial charge in [0, 0.05) is 10.3 Å². The summed E-state index contributed by atoms with van der Waals surface area (Å²) in [6, 6.07) is 7.98. The first-order valence-electron chi connectivity index (χ1n) is 4.41. The third-order valence-corrected chi connectivity index (χ3v) is 2.35. The van der Waals surface area contributed by atoms with Gasteiger partial charge in [-0.15, -0.1) is 5.73 Å². The molecule has 2 heteroatoms. The summed E-state index contributed by atoms with van der Waals surface area (Å²) in [4.78, 5) is 1.16. The van der Waals surface area contributed by atoms with Crippen LogP contribution in [0.1, 0.15) is 13.8 Å². The summed E-state index contributed by atoms with van der Waals surface area (Å²) in [6.45, 7) is 4.06. The van der Waals surface area contributed by atoms with Crippen LogP contribution in [0.15, 0.2) is 45.9 Å². The minimum absolute atomic E-state index is 0.889. The lowest BCUT2D eigenvalue weighted by Gasteiger charge is -2.00. The highest BCUT2D eigenvalue weighted by atomic mass is 32.2. The van der Waals surface area contributed by atoms with E-state index in [1.54, 1.807) is 18.9 Å². The van der Waals surface area contributed by atoms with E-state index in [0.717, 1.165) is 10.6 Å². The molecular formula is C12H14OS. The molecule has 0 fully saturated rings. The lowest BCUT2D eigenvalue weighted by atomic mass is 10.3. The Balaban J connectivity index is 2.72. The Morgan fingerprint density at radius 1 is 1.43 bits per heavy atom. The quantitative estimate of drug-likeness (QED) is 0.548. The SMILES string of the molecule is COc1cccc(SC=C=C(C)C)c1. The van der Waals surface area contributed by atoms with Crippen molar-refractivity contribution in [2.45, 2.75) is 18.7 Å². The lowest BCUT2D eigenvalue weighted by molar-refractivity contribution is 0.413. The Hall–Kier alpha value is -1.11. The van der Waals surface area contributed by atoms with E-state index in [1.165, 1.54) is 5.57 Å². The van der Waals surface area contributed by atoms with Gasteiger partial charge in [-0.25, -0.2) is 0 Å². The van der Waals surface area contributed by atoms with Gasteiger partial charge in [0.05, 0.1) is 7.11 Å². The minimum atomic E-state index is 0.889. The molecule has 0 unspecified atom stereocenters. The Kier molecular flexibility index (Phi) is 4.37. The third-order valence-electron chi connectivity index (χ3n) is 1.58. The molecule has 0 amide bonds. The average Bonchev–Trinajstić information content (AvgIpc) is 2.18. The largest absolute Gasteiger partial charge is 0.497 e. The highest BCUT2D eigenvalue weighted by molar-refractivity contribution is 8.02. The van der Waals surface area contributed by atoms with Gasteiger partial charge in [0.15, 0.2) is 0 Å². The molecule has 0 spiro atoms. The summed E-state index contributed by atoms with van der Waals surface area (Å²) >= 11 is 1.64. The van der Waals surface area contributed by atoms with Crippen molar-refractivity contribution in [2.24, 2.45) is 0 Å². The van der Waals surface area contributed by atoms with Gasteiger partial charge in [0.2, 0.25) is 0 Å². The lowest BCUT2D eigenvalue weighted by Crippen LogP contribution is -1.81. The number of rotatable bonds is 3. The summed E-state index contributed by atoms with van der Waals surface area (Å²) in [5, 5.41) is 1.96. The van der Waals surface area contributed by atoms with Crippen LogP contribution in [-0.2, 0) is 0 Å². The number of benzene rings is 1. The number of hydrogen-bond donors (Lipinski definition) is 0. The molecule has 0 radical (unpaired) electrons. The molecule has 0 heterocycles. The number of methoxy groups -OCH3 is 1. The predicted octanol–water partition coefficient (Wildman–Crippen LogP) is 3.87. The highest BCUT2D eigenvalue weighted by Gasteiger charge is 1.93. The van der Waals surface area contributed by atoms with E-state index < -0.39 is 0 Å². The zero-order chi connectivity index (χ0) is 10.4. The van der Waals surface area contributed by atoms with E-state index in [2.05, 4.69) is 11.8 Å². The van der Waals surface area contributed by atoms with Crippen LogP contribution >= 0.6 is 11.8 Å². The minimum Gasteiger partial charge on any atom is -0.497 e. The van der Waals surface area contributed by atoms with Gasteiger partial charge in [-0.1, -0.05) is 17.8 Å². The molecule has 74 valence electrons. The fourth-order valence-electron chi connectivity index (χ4n) is 0.890. The van der Waals surface area contributed by atoms with Gasteiger partial charge >= 0.3 is 0 Å². The molecule has 1 aromatic rings. The van der Waals surface area contributed by atoms with Gasteiger partial charge in [-0.3, -0.25) is 0 Å². The zero-order valence-corrected chi connectivity index (χ0v) is 9.52. The van der Waals surface area contributed by atoms with Gasteiger partial charge in [-0.2, -0.15) is 0 Å². The van der Waals surface area contributed by atoms with Crippen LogP contribution in [0.2, 0.25) is 0 Å². The van der Waals surface area contributed by atoms with Crippen molar-refractivity contribution >= 4 is 11.8 Å². The van der Waals surface area contributed by atoms with Crippen molar-refractivity contribution in [2.75, 3.05) is 7.11 Å². The molecule has 0 saturated carbocycles. The predicted molar refractivity (Wildman–Crippen MR) is 61.8 cm³/mol. The maximum atomic E-state index is 5.13. The summed E-state index contributed by atoms with van der Waals surface area (Å²) in [6.07, 6.45) is 0. The fraction of sp³-hybridized carbons (Fsp3) is 0.250. The third kappa shape index (κ3) is 3.73. The van der Waals surface area contributed by atoms with Crippen LogP contribution in [0.5, 0.6) is 5.75 Å².